The fourth-order valence-corrected chi connectivity index (χ4v) is 4.16. The van der Waals surface area contributed by atoms with Crippen LogP contribution in [-0.2, 0) is 6.54 Å². The second-order valence-electron chi connectivity index (χ2n) is 7.24. The number of fused-ring (bicyclic) bond motifs is 1. The van der Waals surface area contributed by atoms with Gasteiger partial charge in [-0.3, -0.25) is 0 Å². The fraction of sp³-hybridized carbons (Fsp3) is 0.526. The van der Waals surface area contributed by atoms with E-state index in [0.29, 0.717) is 19.0 Å². The number of benzene rings is 1. The highest BCUT2D eigenvalue weighted by Gasteiger charge is 2.34. The van der Waals surface area contributed by atoms with E-state index in [1.165, 1.54) is 31.0 Å². The summed E-state index contributed by atoms with van der Waals surface area (Å²) in [6, 6.07) is 5.32. The van der Waals surface area contributed by atoms with Gasteiger partial charge >= 0.3 is 6.03 Å². The molecule has 0 saturated heterocycles. The molecule has 8 heteroatoms. The van der Waals surface area contributed by atoms with Crippen LogP contribution in [0.2, 0.25) is 0 Å². The van der Waals surface area contributed by atoms with Gasteiger partial charge in [0.15, 0.2) is 5.82 Å². The molecule has 1 fully saturated rings. The first-order chi connectivity index (χ1) is 13.1. The third-order valence-electron chi connectivity index (χ3n) is 5.63. The summed E-state index contributed by atoms with van der Waals surface area (Å²) in [5.74, 6) is 2.25. The summed E-state index contributed by atoms with van der Waals surface area (Å²) in [4.78, 5) is 14.4. The molecule has 1 aromatic carbocycles. The van der Waals surface area contributed by atoms with Gasteiger partial charge in [0.1, 0.15) is 5.82 Å². The highest BCUT2D eigenvalue weighted by molar-refractivity contribution is 5.90. The topological polar surface area (TPSA) is 63.1 Å². The lowest BCUT2D eigenvalue weighted by Crippen LogP contribution is -2.43. The van der Waals surface area contributed by atoms with Gasteiger partial charge in [-0.05, 0) is 25.8 Å². The molecule has 1 saturated carbocycles. The summed E-state index contributed by atoms with van der Waals surface area (Å²) in [6.07, 6.45) is 2.08. The number of hydrogen-bond acceptors (Lipinski definition) is 3. The van der Waals surface area contributed by atoms with Gasteiger partial charge < -0.3 is 14.8 Å². The molecule has 2 aromatic rings. The monoisotopic (exact) mass is 375 g/mol. The van der Waals surface area contributed by atoms with Crippen molar-refractivity contribution in [3.05, 3.63) is 41.5 Å². The van der Waals surface area contributed by atoms with Crippen LogP contribution < -0.4 is 5.32 Å². The third kappa shape index (κ3) is 3.28. The summed E-state index contributed by atoms with van der Waals surface area (Å²) >= 11 is 0. The number of urea groups is 1. The van der Waals surface area contributed by atoms with Gasteiger partial charge in [0.05, 0.1) is 11.7 Å². The molecule has 1 aromatic heterocycles. The summed E-state index contributed by atoms with van der Waals surface area (Å²) in [5, 5.41) is 11.4. The maximum Gasteiger partial charge on any atom is 0.322 e. The Morgan fingerprint density at radius 3 is 2.59 bits per heavy atom. The minimum Gasteiger partial charge on any atom is -0.313 e. The molecule has 1 aliphatic heterocycles. The SMILES string of the molecule is C[C@H]1c2nnc(C3CCCC3)n2CCN1C(=O)Nc1ccccc1C(F)F. The van der Waals surface area contributed by atoms with E-state index >= 15 is 0 Å². The molecule has 6 nitrogen and oxygen atoms in total. The normalized spacial score (nSPS) is 20.1. The molecule has 2 aliphatic rings. The zero-order valence-corrected chi connectivity index (χ0v) is 15.2. The second kappa shape index (κ2) is 7.25. The van der Waals surface area contributed by atoms with Crippen LogP contribution in [-0.4, -0.2) is 32.2 Å². The number of carbonyl (C=O) groups excluding carboxylic acids is 1. The number of nitrogens with zero attached hydrogens (tertiary/aromatic N) is 4. The number of nitrogens with one attached hydrogen (secondary N) is 1. The molecule has 4 rings (SSSR count). The molecule has 2 amide bonds. The van der Waals surface area contributed by atoms with Crippen molar-refractivity contribution in [2.45, 2.75) is 57.5 Å². The molecular weight excluding hydrogens is 352 g/mol. The van der Waals surface area contributed by atoms with E-state index in [4.69, 9.17) is 0 Å². The largest absolute Gasteiger partial charge is 0.322 e. The van der Waals surface area contributed by atoms with Gasteiger partial charge in [-0.1, -0.05) is 31.0 Å². The van der Waals surface area contributed by atoms with Crippen LogP contribution in [0.25, 0.3) is 0 Å². The second-order valence-corrected chi connectivity index (χ2v) is 7.24. The first kappa shape index (κ1) is 17.9. The first-order valence-electron chi connectivity index (χ1n) is 9.44. The molecule has 0 spiro atoms. The number of amides is 2. The standard InChI is InChI=1S/C19H23F2N5O/c1-12-17-23-24-18(13-6-2-3-7-13)26(17)11-10-25(12)19(27)22-15-9-5-4-8-14(15)16(20)21/h4-5,8-9,12-13,16H,2-3,6-7,10-11H2,1H3,(H,22,27)/t12-/m0/s1. The number of aromatic nitrogens is 3. The Balaban J connectivity index is 1.52. The molecule has 144 valence electrons. The Morgan fingerprint density at radius 1 is 1.15 bits per heavy atom. The van der Waals surface area contributed by atoms with Gasteiger partial charge in [-0.15, -0.1) is 10.2 Å². The lowest BCUT2D eigenvalue weighted by atomic mass is 10.1. The highest BCUT2D eigenvalue weighted by atomic mass is 19.3. The van der Waals surface area contributed by atoms with Gasteiger partial charge in [0, 0.05) is 24.6 Å². The van der Waals surface area contributed by atoms with Crippen molar-refractivity contribution in [1.82, 2.24) is 19.7 Å². The van der Waals surface area contributed by atoms with Crippen molar-refractivity contribution in [1.29, 1.82) is 0 Å². The van der Waals surface area contributed by atoms with E-state index in [1.54, 1.807) is 11.0 Å². The molecule has 1 atom stereocenters. The smallest absolute Gasteiger partial charge is 0.313 e. The predicted molar refractivity (Wildman–Crippen MR) is 96.8 cm³/mol. The van der Waals surface area contributed by atoms with Crippen LogP contribution in [0.3, 0.4) is 0 Å². The highest BCUT2D eigenvalue weighted by Crippen LogP contribution is 2.36. The van der Waals surface area contributed by atoms with Crippen molar-refractivity contribution in [3.8, 4) is 0 Å². The molecule has 1 N–H and O–H groups in total. The van der Waals surface area contributed by atoms with E-state index in [2.05, 4.69) is 20.1 Å². The van der Waals surface area contributed by atoms with Crippen molar-refractivity contribution >= 4 is 11.7 Å². The van der Waals surface area contributed by atoms with Crippen molar-refractivity contribution in [2.24, 2.45) is 0 Å². The number of rotatable bonds is 3. The lowest BCUT2D eigenvalue weighted by Gasteiger charge is -2.34. The van der Waals surface area contributed by atoms with Gasteiger partial charge in [-0.25, -0.2) is 13.6 Å². The molecule has 0 bridgehead atoms. The Kier molecular flexibility index (Phi) is 4.80. The van der Waals surface area contributed by atoms with Crippen LogP contribution in [0.15, 0.2) is 24.3 Å². The maximum absolute atomic E-state index is 13.2. The number of alkyl halides is 2. The van der Waals surface area contributed by atoms with Crippen molar-refractivity contribution in [2.75, 3.05) is 11.9 Å². The Morgan fingerprint density at radius 2 is 1.85 bits per heavy atom. The van der Waals surface area contributed by atoms with Crippen LogP contribution in [0.1, 0.15) is 68.2 Å². The zero-order valence-electron chi connectivity index (χ0n) is 15.2. The molecular formula is C19H23F2N5O. The molecule has 0 unspecified atom stereocenters. The predicted octanol–water partition coefficient (Wildman–Crippen LogP) is 4.48. The first-order valence-corrected chi connectivity index (χ1v) is 9.44. The third-order valence-corrected chi connectivity index (χ3v) is 5.63. The number of hydrogen-bond donors (Lipinski definition) is 1. The summed E-state index contributed by atoms with van der Waals surface area (Å²) in [7, 11) is 0. The summed E-state index contributed by atoms with van der Waals surface area (Å²) < 4.78 is 28.5. The van der Waals surface area contributed by atoms with E-state index in [9.17, 15) is 13.6 Å². The van der Waals surface area contributed by atoms with Gasteiger partial charge in [-0.2, -0.15) is 0 Å². The van der Waals surface area contributed by atoms with Crippen LogP contribution in [0, 0.1) is 0 Å². The Hall–Kier alpha value is -2.51. The lowest BCUT2D eigenvalue weighted by molar-refractivity contribution is 0.152. The van der Waals surface area contributed by atoms with Crippen molar-refractivity contribution < 1.29 is 13.6 Å². The van der Waals surface area contributed by atoms with Gasteiger partial charge in [0.25, 0.3) is 6.43 Å². The maximum atomic E-state index is 13.2. The summed E-state index contributed by atoms with van der Waals surface area (Å²) in [6.45, 7) is 3.02. The molecule has 27 heavy (non-hydrogen) atoms. The Bertz CT molecular complexity index is 831. The van der Waals surface area contributed by atoms with E-state index in [-0.39, 0.29) is 17.3 Å². The fourth-order valence-electron chi connectivity index (χ4n) is 4.16. The zero-order chi connectivity index (χ0) is 19.0. The molecule has 1 aliphatic carbocycles. The number of anilines is 1. The quantitative estimate of drug-likeness (QED) is 0.860. The van der Waals surface area contributed by atoms with E-state index < -0.39 is 12.5 Å². The average molecular weight is 375 g/mol. The average Bonchev–Trinajstić information content (AvgIpc) is 3.31. The van der Waals surface area contributed by atoms with Gasteiger partial charge in [0.2, 0.25) is 0 Å². The Labute approximate surface area is 156 Å². The molecule has 0 radical (unpaired) electrons. The molecule has 2 heterocycles. The number of carbonyl (C=O) groups is 1. The van der Waals surface area contributed by atoms with Crippen LogP contribution in [0.4, 0.5) is 19.3 Å². The van der Waals surface area contributed by atoms with E-state index in [1.807, 2.05) is 6.92 Å². The number of halogens is 2. The van der Waals surface area contributed by atoms with Crippen LogP contribution in [0.5, 0.6) is 0 Å². The van der Waals surface area contributed by atoms with Crippen LogP contribution >= 0.6 is 0 Å². The summed E-state index contributed by atoms with van der Waals surface area (Å²) in [5.41, 5.74) is -0.0365. The number of para-hydroxylation sites is 1. The van der Waals surface area contributed by atoms with E-state index in [0.717, 1.165) is 24.5 Å². The minimum absolute atomic E-state index is 0.142. The van der Waals surface area contributed by atoms with Crippen molar-refractivity contribution in [3.63, 3.8) is 0 Å². The minimum atomic E-state index is -2.64.